The summed E-state index contributed by atoms with van der Waals surface area (Å²) in [6, 6.07) is 19.6. The Hall–Kier alpha value is -3.45. The Kier molecular flexibility index (Phi) is 8.85. The number of pyridine rings is 1. The van der Waals surface area contributed by atoms with Crippen LogP contribution in [0.4, 0.5) is 17.2 Å². The highest BCUT2D eigenvalue weighted by Gasteiger charge is 2.11. The molecule has 0 spiro atoms. The first-order valence-electron chi connectivity index (χ1n) is 12.0. The summed E-state index contributed by atoms with van der Waals surface area (Å²) in [6.45, 7) is 5.44. The second-order valence-electron chi connectivity index (χ2n) is 8.26. The summed E-state index contributed by atoms with van der Waals surface area (Å²) in [4.78, 5) is 6.94. The van der Waals surface area contributed by atoms with Gasteiger partial charge >= 0.3 is 0 Å². The smallest absolute Gasteiger partial charge is 0.163 e. The molecule has 1 fully saturated rings. The van der Waals surface area contributed by atoms with Gasteiger partial charge in [0.05, 0.1) is 13.7 Å². The van der Waals surface area contributed by atoms with Gasteiger partial charge in [0.15, 0.2) is 11.5 Å². The third kappa shape index (κ3) is 7.28. The largest absolute Gasteiger partial charge is 0.493 e. The van der Waals surface area contributed by atoms with E-state index < -0.39 is 0 Å². The van der Waals surface area contributed by atoms with Crippen LogP contribution >= 0.6 is 0 Å². The molecule has 0 amide bonds. The average molecular weight is 467 g/mol. The molecule has 3 aromatic rings. The third-order valence-electron chi connectivity index (χ3n) is 5.71. The average Bonchev–Trinajstić information content (AvgIpc) is 3.39. The Morgan fingerprint density at radius 2 is 1.76 bits per heavy atom. The van der Waals surface area contributed by atoms with Crippen molar-refractivity contribution in [3.63, 3.8) is 0 Å². The number of rotatable bonds is 13. The third-order valence-corrected chi connectivity index (χ3v) is 5.71. The molecule has 0 atom stereocenters. The van der Waals surface area contributed by atoms with Crippen molar-refractivity contribution in [3.8, 4) is 17.2 Å². The number of anilines is 3. The Labute approximate surface area is 205 Å². The maximum absolute atomic E-state index is 6.05. The molecule has 7 nitrogen and oxygen atoms in total. The molecular formula is C27H38N4O3. The topological polar surface area (TPSA) is 67.9 Å². The van der Waals surface area contributed by atoms with E-state index in [0.717, 1.165) is 47.4 Å². The first-order valence-corrected chi connectivity index (χ1v) is 12.0. The molecule has 1 aliphatic rings. The minimum atomic E-state index is 0. The molecule has 184 valence electrons. The molecule has 0 bridgehead atoms. The van der Waals surface area contributed by atoms with Gasteiger partial charge in [0, 0.05) is 45.6 Å². The highest BCUT2D eigenvalue weighted by molar-refractivity contribution is 5.64. The Morgan fingerprint density at radius 3 is 2.59 bits per heavy atom. The molecule has 0 aliphatic carbocycles. The molecule has 7 heteroatoms. The number of para-hydroxylation sites is 1. The predicted octanol–water partition coefficient (Wildman–Crippen LogP) is 5.68. The molecule has 0 radical (unpaired) electrons. The Bertz CT molecular complexity index is 1020. The van der Waals surface area contributed by atoms with Crippen molar-refractivity contribution in [2.45, 2.75) is 19.3 Å². The monoisotopic (exact) mass is 466 g/mol. The van der Waals surface area contributed by atoms with Gasteiger partial charge in [-0.2, -0.15) is 0 Å². The van der Waals surface area contributed by atoms with Gasteiger partial charge in [0.2, 0.25) is 0 Å². The number of methoxy groups -OCH3 is 1. The molecule has 1 aromatic heterocycles. The Morgan fingerprint density at radius 1 is 0.912 bits per heavy atom. The van der Waals surface area contributed by atoms with Crippen LogP contribution in [0.2, 0.25) is 0 Å². The van der Waals surface area contributed by atoms with Crippen molar-refractivity contribution < 1.29 is 17.1 Å². The van der Waals surface area contributed by atoms with E-state index in [-0.39, 0.29) is 2.85 Å². The predicted molar refractivity (Wildman–Crippen MR) is 141 cm³/mol. The minimum absolute atomic E-state index is 0. The normalized spacial score (nSPS) is 13.4. The van der Waals surface area contributed by atoms with Crippen LogP contribution in [0, 0.1) is 0 Å². The lowest BCUT2D eigenvalue weighted by Crippen LogP contribution is -2.21. The minimum Gasteiger partial charge on any atom is -0.493 e. The summed E-state index contributed by atoms with van der Waals surface area (Å²) in [6.07, 6.45) is 5.41. The summed E-state index contributed by atoms with van der Waals surface area (Å²) in [5.41, 5.74) is 1.87. The standard InChI is InChI=1S/C27H34N4O3.2H2/c1-32-25-11-10-23(20-26(25)34-18-7-17-31-15-5-6-16-31)30-27-21-22(12-13-29-27)28-14-19-33-24-8-3-2-4-9-24;;/h2-4,8-13,20-21H,5-7,14-19H2,1H3,(H2,28,29,30);2*1H. The SMILES string of the molecule is COc1ccc(Nc2cc(NCCOc3ccccc3)ccn2)cc1OCCCN1CCCC1.[HH].[HH]. The highest BCUT2D eigenvalue weighted by Crippen LogP contribution is 2.31. The van der Waals surface area contributed by atoms with Crippen LogP contribution in [0.3, 0.4) is 0 Å². The molecule has 34 heavy (non-hydrogen) atoms. The zero-order valence-corrected chi connectivity index (χ0v) is 19.8. The van der Waals surface area contributed by atoms with E-state index in [1.54, 1.807) is 13.3 Å². The number of hydrogen-bond donors (Lipinski definition) is 2. The summed E-state index contributed by atoms with van der Waals surface area (Å²) in [7, 11) is 1.66. The van der Waals surface area contributed by atoms with E-state index >= 15 is 0 Å². The van der Waals surface area contributed by atoms with E-state index in [0.29, 0.717) is 19.8 Å². The van der Waals surface area contributed by atoms with Gasteiger partial charge in [-0.3, -0.25) is 0 Å². The van der Waals surface area contributed by atoms with Gasteiger partial charge < -0.3 is 29.7 Å². The second-order valence-corrected chi connectivity index (χ2v) is 8.26. The molecule has 4 rings (SSSR count). The van der Waals surface area contributed by atoms with Crippen molar-refractivity contribution in [3.05, 3.63) is 66.9 Å². The van der Waals surface area contributed by atoms with Crippen LogP contribution in [0.1, 0.15) is 22.1 Å². The molecule has 2 aromatic carbocycles. The number of nitrogens with one attached hydrogen (secondary N) is 2. The van der Waals surface area contributed by atoms with E-state index in [4.69, 9.17) is 14.2 Å². The summed E-state index contributed by atoms with van der Waals surface area (Å²) in [5.74, 6) is 3.09. The first kappa shape index (κ1) is 23.7. The van der Waals surface area contributed by atoms with Gasteiger partial charge in [-0.1, -0.05) is 18.2 Å². The molecule has 1 saturated heterocycles. The van der Waals surface area contributed by atoms with Crippen LogP contribution in [-0.2, 0) is 0 Å². The molecule has 0 saturated carbocycles. The van der Waals surface area contributed by atoms with Crippen molar-refractivity contribution in [1.29, 1.82) is 0 Å². The van der Waals surface area contributed by atoms with Crippen LogP contribution in [0.5, 0.6) is 17.2 Å². The van der Waals surface area contributed by atoms with Gasteiger partial charge in [0.1, 0.15) is 18.2 Å². The lowest BCUT2D eigenvalue weighted by molar-refractivity contribution is 0.254. The zero-order valence-electron chi connectivity index (χ0n) is 19.8. The van der Waals surface area contributed by atoms with Crippen molar-refractivity contribution in [2.75, 3.05) is 57.1 Å². The Balaban J connectivity index is 0.00000228. The number of ether oxygens (including phenoxy) is 3. The number of aromatic nitrogens is 1. The van der Waals surface area contributed by atoms with Gasteiger partial charge in [-0.05, 0) is 62.7 Å². The molecule has 0 unspecified atom stereocenters. The van der Waals surface area contributed by atoms with Crippen molar-refractivity contribution in [1.82, 2.24) is 9.88 Å². The molecule has 2 N–H and O–H groups in total. The number of likely N-dealkylation sites (tertiary alicyclic amines) is 1. The van der Waals surface area contributed by atoms with Gasteiger partial charge in [-0.15, -0.1) is 0 Å². The highest BCUT2D eigenvalue weighted by atomic mass is 16.5. The fourth-order valence-corrected chi connectivity index (χ4v) is 3.98. The van der Waals surface area contributed by atoms with Crippen LogP contribution in [-0.4, -0.2) is 56.4 Å². The first-order chi connectivity index (χ1) is 16.8. The van der Waals surface area contributed by atoms with Crippen molar-refractivity contribution >= 4 is 17.2 Å². The maximum Gasteiger partial charge on any atom is 0.163 e. The van der Waals surface area contributed by atoms with E-state index in [2.05, 4.69) is 20.5 Å². The molecular weight excluding hydrogens is 428 g/mol. The number of hydrogen-bond acceptors (Lipinski definition) is 7. The summed E-state index contributed by atoms with van der Waals surface area (Å²) >= 11 is 0. The van der Waals surface area contributed by atoms with Crippen LogP contribution in [0.15, 0.2) is 66.9 Å². The summed E-state index contributed by atoms with van der Waals surface area (Å²) in [5, 5.41) is 6.74. The van der Waals surface area contributed by atoms with Gasteiger partial charge in [-0.25, -0.2) is 4.98 Å². The van der Waals surface area contributed by atoms with E-state index in [1.165, 1.54) is 25.9 Å². The summed E-state index contributed by atoms with van der Waals surface area (Å²) < 4.78 is 17.3. The van der Waals surface area contributed by atoms with Gasteiger partial charge in [0.25, 0.3) is 0 Å². The fraction of sp³-hybridized carbons (Fsp3) is 0.370. The molecule has 2 heterocycles. The quantitative estimate of drug-likeness (QED) is 0.314. The van der Waals surface area contributed by atoms with Crippen molar-refractivity contribution in [2.24, 2.45) is 0 Å². The number of nitrogens with zero attached hydrogens (tertiary/aromatic N) is 2. The fourth-order valence-electron chi connectivity index (χ4n) is 3.98. The lowest BCUT2D eigenvalue weighted by Gasteiger charge is -2.16. The molecule has 1 aliphatic heterocycles. The van der Waals surface area contributed by atoms with E-state index in [9.17, 15) is 0 Å². The lowest BCUT2D eigenvalue weighted by atomic mass is 10.2. The van der Waals surface area contributed by atoms with E-state index in [1.807, 2.05) is 60.7 Å². The zero-order chi connectivity index (χ0) is 23.4. The van der Waals surface area contributed by atoms with Crippen LogP contribution < -0.4 is 24.8 Å². The second kappa shape index (κ2) is 12.7. The number of benzene rings is 2. The maximum atomic E-state index is 6.05. The van der Waals surface area contributed by atoms with Crippen LogP contribution in [0.25, 0.3) is 0 Å².